The predicted molar refractivity (Wildman–Crippen MR) is 114 cm³/mol. The molecule has 0 aliphatic carbocycles. The molecule has 0 spiro atoms. The van der Waals surface area contributed by atoms with Gasteiger partial charge >= 0.3 is 5.97 Å². The molecule has 8 heteroatoms. The highest BCUT2D eigenvalue weighted by Crippen LogP contribution is 2.32. The second-order valence-corrected chi connectivity index (χ2v) is 8.19. The van der Waals surface area contributed by atoms with Crippen molar-refractivity contribution >= 4 is 40.2 Å². The van der Waals surface area contributed by atoms with Crippen LogP contribution < -0.4 is 0 Å². The van der Waals surface area contributed by atoms with Gasteiger partial charge < -0.3 is 19.4 Å². The van der Waals surface area contributed by atoms with E-state index in [9.17, 15) is 9.59 Å². The summed E-state index contributed by atoms with van der Waals surface area (Å²) in [4.78, 5) is 35.9. The number of aromatic nitrogens is 2. The summed E-state index contributed by atoms with van der Waals surface area (Å²) >= 11 is 1.59. The second kappa shape index (κ2) is 8.16. The fourth-order valence-electron chi connectivity index (χ4n) is 3.18. The van der Waals surface area contributed by atoms with Crippen LogP contribution in [0.2, 0.25) is 0 Å². The Hall–Kier alpha value is -3.39. The van der Waals surface area contributed by atoms with Gasteiger partial charge in [0, 0.05) is 35.3 Å². The van der Waals surface area contributed by atoms with Gasteiger partial charge in [-0.3, -0.25) is 4.79 Å². The van der Waals surface area contributed by atoms with Crippen LogP contribution in [0.4, 0.5) is 0 Å². The average molecular weight is 423 g/mol. The van der Waals surface area contributed by atoms with Crippen LogP contribution >= 0.6 is 11.3 Å². The molecule has 1 N–H and O–H groups in total. The highest BCUT2D eigenvalue weighted by molar-refractivity contribution is 7.09. The number of nitrogens with one attached hydrogen (secondary N) is 1. The Labute approximate surface area is 177 Å². The molecule has 0 bridgehead atoms. The number of Topliss-reactive ketones (excluding diaryl/α,β-unsaturated/α-hetero) is 1. The van der Waals surface area contributed by atoms with Crippen molar-refractivity contribution in [3.05, 3.63) is 69.7 Å². The van der Waals surface area contributed by atoms with Gasteiger partial charge in [0.2, 0.25) is 11.7 Å². The van der Waals surface area contributed by atoms with Gasteiger partial charge in [-0.2, -0.15) is 0 Å². The molecule has 4 heterocycles. The van der Waals surface area contributed by atoms with Gasteiger partial charge in [-0.05, 0) is 43.5 Å². The average Bonchev–Trinajstić information content (AvgIpc) is 3.42. The fraction of sp³-hybridized carbons (Fsp3) is 0.227. The third-order valence-electron chi connectivity index (χ3n) is 4.51. The number of hydrogen-bond donors (Lipinski definition) is 1. The molecule has 3 aromatic heterocycles. The summed E-state index contributed by atoms with van der Waals surface area (Å²) in [6, 6.07) is 7.66. The normalized spacial score (nSPS) is 15.3. The van der Waals surface area contributed by atoms with Crippen LogP contribution in [-0.4, -0.2) is 39.8 Å². The van der Waals surface area contributed by atoms with E-state index in [1.807, 2.05) is 29.6 Å². The number of aromatic amines is 1. The Morgan fingerprint density at radius 2 is 2.20 bits per heavy atom. The summed E-state index contributed by atoms with van der Waals surface area (Å²) < 4.78 is 11.2. The Kier molecular flexibility index (Phi) is 5.41. The molecule has 0 amide bonds. The van der Waals surface area contributed by atoms with E-state index in [0.29, 0.717) is 12.2 Å². The van der Waals surface area contributed by atoms with Crippen molar-refractivity contribution in [1.29, 1.82) is 0 Å². The van der Waals surface area contributed by atoms with E-state index in [0.717, 1.165) is 15.8 Å². The van der Waals surface area contributed by atoms with E-state index >= 15 is 0 Å². The maximum Gasteiger partial charge on any atom is 0.348 e. The molecule has 0 unspecified atom stereocenters. The van der Waals surface area contributed by atoms with Crippen molar-refractivity contribution in [3.63, 3.8) is 0 Å². The van der Waals surface area contributed by atoms with E-state index in [4.69, 9.17) is 9.47 Å². The number of carbonyl (C=O) groups is 2. The van der Waals surface area contributed by atoms with Crippen LogP contribution in [0.15, 0.2) is 59.3 Å². The van der Waals surface area contributed by atoms with E-state index in [-0.39, 0.29) is 23.3 Å². The molecule has 0 saturated heterocycles. The first-order valence-electron chi connectivity index (χ1n) is 9.49. The third kappa shape index (κ3) is 3.86. The topological polar surface area (TPSA) is 84.5 Å². The minimum absolute atomic E-state index is 0.0727. The van der Waals surface area contributed by atoms with Gasteiger partial charge in [0.05, 0.1) is 12.6 Å². The van der Waals surface area contributed by atoms with Crippen LogP contribution in [0.5, 0.6) is 0 Å². The quantitative estimate of drug-likeness (QED) is 0.368. The fourth-order valence-corrected chi connectivity index (χ4v) is 3.94. The van der Waals surface area contributed by atoms with Crippen molar-refractivity contribution in [3.8, 4) is 0 Å². The lowest BCUT2D eigenvalue weighted by molar-refractivity contribution is -0.143. The van der Waals surface area contributed by atoms with E-state index in [1.54, 1.807) is 55.6 Å². The van der Waals surface area contributed by atoms with Crippen molar-refractivity contribution in [2.75, 3.05) is 7.05 Å². The molecular formula is C22H21N3O4S. The minimum atomic E-state index is -0.688. The van der Waals surface area contributed by atoms with Crippen LogP contribution in [0.1, 0.15) is 24.3 Å². The van der Waals surface area contributed by atoms with Gasteiger partial charge in [0.25, 0.3) is 0 Å². The number of thiophene rings is 1. The minimum Gasteiger partial charge on any atom is -0.459 e. The molecule has 7 nitrogen and oxygen atoms in total. The molecule has 3 aromatic rings. The molecule has 0 atom stereocenters. The van der Waals surface area contributed by atoms with Gasteiger partial charge in [-0.25, -0.2) is 9.78 Å². The number of rotatable bonds is 6. The first-order chi connectivity index (χ1) is 14.4. The Morgan fingerprint density at radius 1 is 1.37 bits per heavy atom. The number of ketones is 1. The second-order valence-electron chi connectivity index (χ2n) is 7.15. The highest BCUT2D eigenvalue weighted by atomic mass is 32.1. The molecule has 0 saturated carbocycles. The monoisotopic (exact) mass is 423 g/mol. The zero-order chi connectivity index (χ0) is 21.3. The summed E-state index contributed by atoms with van der Waals surface area (Å²) in [5.41, 5.74) is 1.37. The number of allylic oxidation sites excluding steroid dienone is 1. The highest BCUT2D eigenvalue weighted by Gasteiger charge is 2.39. The largest absolute Gasteiger partial charge is 0.459 e. The number of pyridine rings is 1. The van der Waals surface area contributed by atoms with Crippen LogP contribution in [0.25, 0.3) is 17.1 Å². The maximum atomic E-state index is 13.1. The molecule has 0 radical (unpaired) electrons. The summed E-state index contributed by atoms with van der Waals surface area (Å²) in [5, 5.41) is 2.83. The predicted octanol–water partition coefficient (Wildman–Crippen LogP) is 3.86. The Bertz CT molecular complexity index is 1160. The van der Waals surface area contributed by atoms with Crippen LogP contribution in [0.3, 0.4) is 0 Å². The summed E-state index contributed by atoms with van der Waals surface area (Å²) in [5.74, 6) is -0.911. The van der Waals surface area contributed by atoms with Crippen LogP contribution in [-0.2, 0) is 25.6 Å². The molecule has 1 aliphatic rings. The molecule has 0 fully saturated rings. The summed E-state index contributed by atoms with van der Waals surface area (Å²) in [6.45, 7) is 3.98. The van der Waals surface area contributed by atoms with E-state index < -0.39 is 11.8 Å². The first kappa shape index (κ1) is 19.9. The van der Waals surface area contributed by atoms with Gasteiger partial charge in [0.15, 0.2) is 11.3 Å². The first-order valence-corrected chi connectivity index (χ1v) is 10.4. The van der Waals surface area contributed by atoms with E-state index in [2.05, 4.69) is 9.97 Å². The zero-order valence-electron chi connectivity index (χ0n) is 16.8. The number of H-pyrrole nitrogens is 1. The van der Waals surface area contributed by atoms with Crippen molar-refractivity contribution < 1.29 is 19.1 Å². The Morgan fingerprint density at radius 3 is 2.93 bits per heavy atom. The molecule has 4 rings (SSSR count). The lowest BCUT2D eigenvalue weighted by atomic mass is 10.1. The number of fused-ring (bicyclic) bond motifs is 1. The molecule has 30 heavy (non-hydrogen) atoms. The number of nitrogens with zero attached hydrogens (tertiary/aromatic N) is 2. The lowest BCUT2D eigenvalue weighted by Crippen LogP contribution is -2.23. The zero-order valence-corrected chi connectivity index (χ0v) is 17.7. The molecule has 0 aromatic carbocycles. The maximum absolute atomic E-state index is 13.1. The molecule has 154 valence electrons. The van der Waals surface area contributed by atoms with Crippen molar-refractivity contribution in [2.45, 2.75) is 26.5 Å². The van der Waals surface area contributed by atoms with Gasteiger partial charge in [-0.15, -0.1) is 11.3 Å². The van der Waals surface area contributed by atoms with E-state index in [1.165, 1.54) is 0 Å². The number of hydrogen-bond acceptors (Lipinski definition) is 7. The van der Waals surface area contributed by atoms with Crippen molar-refractivity contribution in [1.82, 2.24) is 14.9 Å². The third-order valence-corrected chi connectivity index (χ3v) is 5.37. The number of ether oxygens (including phenoxy) is 2. The van der Waals surface area contributed by atoms with Crippen LogP contribution in [0, 0.1) is 0 Å². The SMILES string of the molecule is CC(C)OC(=O)C1=C(N(C)Cc2cccs2)O/C(=C\c2c[nH]c3ncccc23)C1=O. The number of esters is 1. The Balaban J connectivity index is 1.69. The van der Waals surface area contributed by atoms with Gasteiger partial charge in [-0.1, -0.05) is 6.07 Å². The van der Waals surface area contributed by atoms with Gasteiger partial charge in [0.1, 0.15) is 5.65 Å². The summed E-state index contributed by atoms with van der Waals surface area (Å²) in [6.07, 6.45) is 4.71. The summed E-state index contributed by atoms with van der Waals surface area (Å²) in [7, 11) is 1.78. The standard InChI is InChI=1S/C22H21N3O4S/c1-13(2)28-22(27)18-19(26)17(10-14-11-24-20-16(14)7-4-8-23-20)29-21(18)25(3)12-15-6-5-9-30-15/h4-11,13H,12H2,1-3H3,(H,23,24)/b17-10-. The molecule has 1 aliphatic heterocycles. The number of carbonyl (C=O) groups excluding carboxylic acids is 2. The molecular weight excluding hydrogens is 402 g/mol. The smallest absolute Gasteiger partial charge is 0.348 e. The van der Waals surface area contributed by atoms with Crippen molar-refractivity contribution in [2.24, 2.45) is 0 Å². The lowest BCUT2D eigenvalue weighted by Gasteiger charge is -2.19.